The molecule has 2 aromatic carbocycles. The van der Waals surface area contributed by atoms with Gasteiger partial charge in [0.1, 0.15) is 12.3 Å². The summed E-state index contributed by atoms with van der Waals surface area (Å²) in [5.41, 5.74) is 1.28. The quantitative estimate of drug-likeness (QED) is 0.644. The molecule has 0 radical (unpaired) electrons. The fourth-order valence-electron chi connectivity index (χ4n) is 2.55. The van der Waals surface area contributed by atoms with Gasteiger partial charge in [0.2, 0.25) is 0 Å². The first kappa shape index (κ1) is 16.3. The second-order valence-electron chi connectivity index (χ2n) is 6.08. The average Bonchev–Trinajstić information content (AvgIpc) is 2.45. The molecule has 0 aromatic heterocycles. The largest absolute Gasteiger partial charge is 0.633 e. The molecule has 0 heterocycles. The van der Waals surface area contributed by atoms with E-state index in [-0.39, 0.29) is 12.5 Å². The molecule has 0 aliphatic carbocycles. The molecule has 0 N–H and O–H groups in total. The molecule has 0 atom stereocenters. The molecule has 0 aliphatic rings. The van der Waals surface area contributed by atoms with Gasteiger partial charge in [0, 0.05) is 25.0 Å². The topological polar surface area (TPSA) is 52.6 Å². The van der Waals surface area contributed by atoms with Crippen LogP contribution in [0.3, 0.4) is 0 Å². The van der Waals surface area contributed by atoms with Gasteiger partial charge >= 0.3 is 0 Å². The molecule has 0 bridgehead atoms. The van der Waals surface area contributed by atoms with Gasteiger partial charge in [0.15, 0.2) is 0 Å². The van der Waals surface area contributed by atoms with E-state index in [1.165, 1.54) is 4.90 Å². The minimum atomic E-state index is -0.496. The fourth-order valence-corrected chi connectivity index (χ4v) is 2.55. The molecule has 1 amide bonds. The summed E-state index contributed by atoms with van der Waals surface area (Å²) in [6, 6.07) is 9.41. The Kier molecular flexibility index (Phi) is 4.39. The van der Waals surface area contributed by atoms with Gasteiger partial charge in [-0.3, -0.25) is 4.79 Å². The zero-order chi connectivity index (χ0) is 16.5. The van der Waals surface area contributed by atoms with Crippen molar-refractivity contribution in [3.05, 3.63) is 46.7 Å². The number of carbonyl (C=O) groups is 1. The van der Waals surface area contributed by atoms with Gasteiger partial charge in [-0.25, -0.2) is 0 Å². The van der Waals surface area contributed by atoms with Crippen molar-refractivity contribution in [2.24, 2.45) is 0 Å². The van der Waals surface area contributed by atoms with Gasteiger partial charge in [0.05, 0.1) is 26.8 Å². The van der Waals surface area contributed by atoms with Crippen LogP contribution in [-0.4, -0.2) is 50.8 Å². The predicted octanol–water partition coefficient (Wildman–Crippen LogP) is 2.62. The number of fused-ring (bicyclic) bond motifs is 1. The van der Waals surface area contributed by atoms with Crippen molar-refractivity contribution in [3.8, 4) is 5.75 Å². The summed E-state index contributed by atoms with van der Waals surface area (Å²) >= 11 is 0. The Bertz CT molecular complexity index is 703. The van der Waals surface area contributed by atoms with E-state index in [0.717, 1.165) is 16.3 Å². The Balaban J connectivity index is 2.80. The number of methoxy groups -OCH3 is 1. The molecule has 2 aromatic rings. The van der Waals surface area contributed by atoms with E-state index < -0.39 is 4.65 Å². The van der Waals surface area contributed by atoms with E-state index in [9.17, 15) is 10.0 Å². The first-order valence-electron chi connectivity index (χ1n) is 7.09. The first-order valence-corrected chi connectivity index (χ1v) is 7.09. The number of carbonyl (C=O) groups excluding carboxylic acids is 1. The number of hydrogen-bond acceptors (Lipinski definition) is 3. The molecule has 5 heteroatoms. The van der Waals surface area contributed by atoms with Crippen LogP contribution in [0.25, 0.3) is 10.8 Å². The van der Waals surface area contributed by atoms with Crippen molar-refractivity contribution in [1.29, 1.82) is 0 Å². The fraction of sp³-hybridized carbons (Fsp3) is 0.353. The number of benzene rings is 2. The minimum absolute atomic E-state index is 0.132. The second kappa shape index (κ2) is 5.94. The van der Waals surface area contributed by atoms with Crippen molar-refractivity contribution in [1.82, 2.24) is 4.90 Å². The number of hydrogen-bond donors (Lipinski definition) is 0. The van der Waals surface area contributed by atoms with E-state index in [1.807, 2.05) is 24.3 Å². The van der Waals surface area contributed by atoms with Crippen LogP contribution in [0.15, 0.2) is 30.3 Å². The van der Waals surface area contributed by atoms with Crippen molar-refractivity contribution in [3.63, 3.8) is 0 Å². The summed E-state index contributed by atoms with van der Waals surface area (Å²) in [5.74, 6) is 0.508. The molecular formula is C17H22N2O3. The van der Waals surface area contributed by atoms with Gasteiger partial charge < -0.3 is 19.5 Å². The maximum atomic E-state index is 12.5. The second-order valence-corrected chi connectivity index (χ2v) is 6.08. The van der Waals surface area contributed by atoms with Gasteiger partial charge in [-0.05, 0) is 11.5 Å². The standard InChI is InChI=1S/C17H22N2O3/c1-18(2)17(20)14-10-16(22-5)13-9-7-6-8-12(13)15(14)11-19(3,4)21/h6-10H,11H2,1-5H3. The molecule has 2 rings (SSSR count). The van der Waals surface area contributed by atoms with E-state index in [1.54, 1.807) is 41.4 Å². The Hall–Kier alpha value is -2.11. The molecule has 0 unspecified atom stereocenters. The molecule has 22 heavy (non-hydrogen) atoms. The number of amides is 1. The van der Waals surface area contributed by atoms with Crippen molar-refractivity contribution >= 4 is 16.7 Å². The number of ether oxygens (including phenoxy) is 1. The van der Waals surface area contributed by atoms with E-state index in [0.29, 0.717) is 11.3 Å². The highest BCUT2D eigenvalue weighted by Crippen LogP contribution is 2.33. The van der Waals surface area contributed by atoms with Crippen LogP contribution in [0.4, 0.5) is 0 Å². The number of rotatable bonds is 4. The molecule has 118 valence electrons. The van der Waals surface area contributed by atoms with Crippen LogP contribution >= 0.6 is 0 Å². The molecule has 0 saturated carbocycles. The maximum Gasteiger partial charge on any atom is 0.254 e. The SMILES string of the molecule is COc1cc(C(=O)N(C)C)c(C[N+](C)(C)[O-])c2ccccc12. The van der Waals surface area contributed by atoms with Gasteiger partial charge in [-0.1, -0.05) is 24.3 Å². The third-order valence-corrected chi connectivity index (χ3v) is 3.51. The molecule has 0 fully saturated rings. The van der Waals surface area contributed by atoms with Gasteiger partial charge in [-0.2, -0.15) is 0 Å². The van der Waals surface area contributed by atoms with E-state index >= 15 is 0 Å². The summed E-state index contributed by atoms with van der Waals surface area (Å²) in [4.78, 5) is 14.0. The lowest BCUT2D eigenvalue weighted by atomic mass is 9.96. The maximum absolute atomic E-state index is 12.5. The van der Waals surface area contributed by atoms with E-state index in [2.05, 4.69) is 0 Å². The van der Waals surface area contributed by atoms with Crippen molar-refractivity contribution in [2.75, 3.05) is 35.3 Å². The Morgan fingerprint density at radius 1 is 1.23 bits per heavy atom. The summed E-state index contributed by atoms with van der Waals surface area (Å²) in [5, 5.41) is 14.0. The lowest BCUT2D eigenvalue weighted by Gasteiger charge is -2.35. The molecule has 0 saturated heterocycles. The van der Waals surface area contributed by atoms with Crippen molar-refractivity contribution < 1.29 is 14.2 Å². The van der Waals surface area contributed by atoms with Crippen molar-refractivity contribution in [2.45, 2.75) is 6.54 Å². The zero-order valence-corrected chi connectivity index (χ0v) is 13.7. The zero-order valence-electron chi connectivity index (χ0n) is 13.7. The normalized spacial score (nSPS) is 11.5. The molecule has 0 spiro atoms. The smallest absolute Gasteiger partial charge is 0.254 e. The lowest BCUT2D eigenvalue weighted by molar-refractivity contribution is -0.853. The van der Waals surface area contributed by atoms with Crippen LogP contribution in [0.5, 0.6) is 5.75 Å². The highest BCUT2D eigenvalue weighted by Gasteiger charge is 2.22. The minimum Gasteiger partial charge on any atom is -0.633 e. The highest BCUT2D eigenvalue weighted by molar-refractivity contribution is 6.03. The summed E-state index contributed by atoms with van der Waals surface area (Å²) in [6.45, 7) is 0.222. The number of quaternary nitrogens is 1. The van der Waals surface area contributed by atoms with Gasteiger partial charge in [-0.15, -0.1) is 0 Å². The van der Waals surface area contributed by atoms with Crippen LogP contribution in [0.2, 0.25) is 0 Å². The molecular weight excluding hydrogens is 280 g/mol. The summed E-state index contributed by atoms with van der Waals surface area (Å²) in [7, 11) is 8.13. The third-order valence-electron chi connectivity index (χ3n) is 3.51. The van der Waals surface area contributed by atoms with Gasteiger partial charge in [0.25, 0.3) is 5.91 Å². The lowest BCUT2D eigenvalue weighted by Crippen LogP contribution is -2.33. The molecule has 5 nitrogen and oxygen atoms in total. The highest BCUT2D eigenvalue weighted by atomic mass is 16.5. The molecule has 0 aliphatic heterocycles. The average molecular weight is 302 g/mol. The third kappa shape index (κ3) is 3.21. The Labute approximate surface area is 130 Å². The number of hydroxylamine groups is 3. The monoisotopic (exact) mass is 302 g/mol. The number of nitrogens with zero attached hydrogens (tertiary/aromatic N) is 2. The summed E-state index contributed by atoms with van der Waals surface area (Å²) in [6.07, 6.45) is 0. The predicted molar refractivity (Wildman–Crippen MR) is 87.7 cm³/mol. The van der Waals surface area contributed by atoms with Crippen LogP contribution in [-0.2, 0) is 6.54 Å². The Morgan fingerprint density at radius 2 is 1.82 bits per heavy atom. The first-order chi connectivity index (χ1) is 10.2. The summed E-state index contributed by atoms with van der Waals surface area (Å²) < 4.78 is 4.93. The van der Waals surface area contributed by atoms with E-state index in [4.69, 9.17) is 4.74 Å². The van der Waals surface area contributed by atoms with Crippen LogP contribution in [0, 0.1) is 5.21 Å². The Morgan fingerprint density at radius 3 is 2.32 bits per heavy atom. The van der Waals surface area contributed by atoms with Crippen LogP contribution < -0.4 is 4.74 Å². The van der Waals surface area contributed by atoms with Crippen LogP contribution in [0.1, 0.15) is 15.9 Å².